The Hall–Kier alpha value is -2.82. The topological polar surface area (TPSA) is 85.4 Å². The van der Waals surface area contributed by atoms with E-state index in [-0.39, 0.29) is 17.0 Å². The molecule has 0 aliphatic carbocycles. The van der Waals surface area contributed by atoms with Gasteiger partial charge in [-0.05, 0) is 18.6 Å². The first-order valence-corrected chi connectivity index (χ1v) is 6.40. The Kier molecular flexibility index (Phi) is 4.56. The van der Waals surface area contributed by atoms with Crippen LogP contribution in [-0.4, -0.2) is 16.1 Å². The third kappa shape index (κ3) is 3.82. The van der Waals surface area contributed by atoms with Gasteiger partial charge in [0.05, 0.1) is 5.69 Å². The van der Waals surface area contributed by atoms with Gasteiger partial charge in [-0.3, -0.25) is 4.98 Å². The highest BCUT2D eigenvalue weighted by atomic mass is 16.5. The molecule has 0 fully saturated rings. The van der Waals surface area contributed by atoms with Gasteiger partial charge in [-0.15, -0.1) is 0 Å². The Bertz CT molecular complexity index is 662. The lowest BCUT2D eigenvalue weighted by atomic mass is 10.1. The fraction of sp³-hybridized carbons (Fsp3) is 0.125. The molecular formula is C16H16N2O3. The highest BCUT2D eigenvalue weighted by molar-refractivity contribution is 6.15. The molecule has 2 aromatic rings. The molecule has 0 radical (unpaired) electrons. The number of carbonyl (C=O) groups is 1. The largest absolute Gasteiger partial charge is 0.489 e. The van der Waals surface area contributed by atoms with Crippen molar-refractivity contribution in [1.82, 2.24) is 4.98 Å². The lowest BCUT2D eigenvalue weighted by Crippen LogP contribution is -2.09. The molecule has 108 valence electrons. The molecule has 2 rings (SSSR count). The SMILES string of the molecule is C/C(N)=C(\C(=O)O)c1cc(OCc2ccccc2)ccn1. The quantitative estimate of drug-likeness (QED) is 0.824. The molecule has 0 atom stereocenters. The van der Waals surface area contributed by atoms with Crippen molar-refractivity contribution in [2.75, 3.05) is 0 Å². The summed E-state index contributed by atoms with van der Waals surface area (Å²) in [5.74, 6) is -0.563. The van der Waals surface area contributed by atoms with Gasteiger partial charge in [0.15, 0.2) is 0 Å². The summed E-state index contributed by atoms with van der Waals surface area (Å²) in [6, 6.07) is 12.9. The Morgan fingerprint density at radius 2 is 2.00 bits per heavy atom. The summed E-state index contributed by atoms with van der Waals surface area (Å²) in [6.07, 6.45) is 1.50. The van der Waals surface area contributed by atoms with Crippen molar-refractivity contribution < 1.29 is 14.6 Å². The highest BCUT2D eigenvalue weighted by Crippen LogP contribution is 2.20. The maximum atomic E-state index is 11.2. The monoisotopic (exact) mass is 284 g/mol. The van der Waals surface area contributed by atoms with E-state index in [1.807, 2.05) is 30.3 Å². The number of pyridine rings is 1. The van der Waals surface area contributed by atoms with Crippen molar-refractivity contribution in [3.05, 3.63) is 65.6 Å². The molecule has 0 aliphatic rings. The van der Waals surface area contributed by atoms with Crippen molar-refractivity contribution in [3.63, 3.8) is 0 Å². The molecule has 5 nitrogen and oxygen atoms in total. The van der Waals surface area contributed by atoms with Crippen LogP contribution >= 0.6 is 0 Å². The smallest absolute Gasteiger partial charge is 0.339 e. The van der Waals surface area contributed by atoms with E-state index in [4.69, 9.17) is 10.5 Å². The molecule has 0 amide bonds. The molecule has 0 spiro atoms. The minimum Gasteiger partial charge on any atom is -0.489 e. The van der Waals surface area contributed by atoms with Crippen LogP contribution in [0.25, 0.3) is 5.57 Å². The number of benzene rings is 1. The zero-order valence-corrected chi connectivity index (χ0v) is 11.6. The molecule has 21 heavy (non-hydrogen) atoms. The molecule has 1 heterocycles. The second kappa shape index (κ2) is 6.56. The zero-order chi connectivity index (χ0) is 15.2. The van der Waals surface area contributed by atoms with Gasteiger partial charge >= 0.3 is 5.97 Å². The third-order valence-electron chi connectivity index (χ3n) is 2.84. The van der Waals surface area contributed by atoms with Crippen LogP contribution in [0.3, 0.4) is 0 Å². The predicted octanol–water partition coefficient (Wildman–Crippen LogP) is 2.43. The van der Waals surface area contributed by atoms with E-state index in [9.17, 15) is 9.90 Å². The average molecular weight is 284 g/mol. The van der Waals surface area contributed by atoms with E-state index in [0.717, 1.165) is 5.56 Å². The van der Waals surface area contributed by atoms with Gasteiger partial charge in [-0.2, -0.15) is 0 Å². The van der Waals surface area contributed by atoms with Gasteiger partial charge < -0.3 is 15.6 Å². The number of nitrogens with zero attached hydrogens (tertiary/aromatic N) is 1. The van der Waals surface area contributed by atoms with E-state index >= 15 is 0 Å². The van der Waals surface area contributed by atoms with Crippen LogP contribution in [0.2, 0.25) is 0 Å². The first-order chi connectivity index (χ1) is 10.1. The number of rotatable bonds is 5. The maximum absolute atomic E-state index is 11.2. The molecule has 1 aromatic carbocycles. The number of hydrogen-bond donors (Lipinski definition) is 2. The lowest BCUT2D eigenvalue weighted by molar-refractivity contribution is -0.130. The number of hydrogen-bond acceptors (Lipinski definition) is 4. The van der Waals surface area contributed by atoms with Crippen molar-refractivity contribution in [1.29, 1.82) is 0 Å². The molecule has 0 saturated heterocycles. The molecule has 0 saturated carbocycles. The number of allylic oxidation sites excluding steroid dienone is 1. The molecule has 0 aliphatic heterocycles. The standard InChI is InChI=1S/C16H16N2O3/c1-11(17)15(16(19)20)14-9-13(7-8-18-14)21-10-12-5-3-2-4-6-12/h2-9H,10,17H2,1H3,(H,19,20)/b15-11+. The Labute approximate surface area is 122 Å². The predicted molar refractivity (Wildman–Crippen MR) is 79.4 cm³/mol. The summed E-state index contributed by atoms with van der Waals surface area (Å²) in [6.45, 7) is 1.93. The van der Waals surface area contributed by atoms with E-state index in [0.29, 0.717) is 12.4 Å². The summed E-state index contributed by atoms with van der Waals surface area (Å²) in [7, 11) is 0. The van der Waals surface area contributed by atoms with Crippen LogP contribution in [-0.2, 0) is 11.4 Å². The number of carboxylic acids is 1. The number of nitrogens with two attached hydrogens (primary N) is 1. The van der Waals surface area contributed by atoms with Gasteiger partial charge in [0.2, 0.25) is 0 Å². The summed E-state index contributed by atoms with van der Waals surface area (Å²) in [5.41, 5.74) is 7.11. The van der Waals surface area contributed by atoms with Crippen molar-refractivity contribution in [2.45, 2.75) is 13.5 Å². The number of carboxylic acid groups (broad SMARTS) is 1. The normalized spacial score (nSPS) is 11.7. The van der Waals surface area contributed by atoms with Crippen LogP contribution in [0.5, 0.6) is 5.75 Å². The molecule has 1 aromatic heterocycles. The minimum absolute atomic E-state index is 0.0137. The summed E-state index contributed by atoms with van der Waals surface area (Å²) < 4.78 is 5.65. The molecule has 0 bridgehead atoms. The minimum atomic E-state index is -1.11. The van der Waals surface area contributed by atoms with Gasteiger partial charge in [-0.1, -0.05) is 30.3 Å². The first kappa shape index (κ1) is 14.6. The van der Waals surface area contributed by atoms with E-state index in [2.05, 4.69) is 4.98 Å². The van der Waals surface area contributed by atoms with Gasteiger partial charge in [0.25, 0.3) is 0 Å². The van der Waals surface area contributed by atoms with Crippen molar-refractivity contribution in [2.24, 2.45) is 5.73 Å². The van der Waals surface area contributed by atoms with E-state index in [1.165, 1.54) is 13.1 Å². The zero-order valence-electron chi connectivity index (χ0n) is 11.6. The highest BCUT2D eigenvalue weighted by Gasteiger charge is 2.15. The summed E-state index contributed by atoms with van der Waals surface area (Å²) in [4.78, 5) is 15.3. The average Bonchev–Trinajstić information content (AvgIpc) is 2.46. The number of aliphatic carboxylic acids is 1. The Morgan fingerprint density at radius 3 is 2.62 bits per heavy atom. The third-order valence-corrected chi connectivity index (χ3v) is 2.84. The molecular weight excluding hydrogens is 268 g/mol. The summed E-state index contributed by atoms with van der Waals surface area (Å²) >= 11 is 0. The summed E-state index contributed by atoms with van der Waals surface area (Å²) in [5, 5.41) is 9.18. The van der Waals surface area contributed by atoms with Crippen LogP contribution in [0.1, 0.15) is 18.2 Å². The number of aromatic nitrogens is 1. The van der Waals surface area contributed by atoms with Gasteiger partial charge in [0, 0.05) is 18.0 Å². The maximum Gasteiger partial charge on any atom is 0.339 e. The fourth-order valence-electron chi connectivity index (χ4n) is 1.86. The van der Waals surface area contributed by atoms with E-state index < -0.39 is 5.97 Å². The Morgan fingerprint density at radius 1 is 1.29 bits per heavy atom. The second-order valence-corrected chi connectivity index (χ2v) is 4.51. The van der Waals surface area contributed by atoms with Crippen LogP contribution < -0.4 is 10.5 Å². The van der Waals surface area contributed by atoms with Crippen LogP contribution in [0, 0.1) is 0 Å². The van der Waals surface area contributed by atoms with Crippen molar-refractivity contribution >= 4 is 11.5 Å². The number of ether oxygens (including phenoxy) is 1. The molecule has 3 N–H and O–H groups in total. The van der Waals surface area contributed by atoms with Crippen molar-refractivity contribution in [3.8, 4) is 5.75 Å². The lowest BCUT2D eigenvalue weighted by Gasteiger charge is -2.09. The van der Waals surface area contributed by atoms with Gasteiger partial charge in [0.1, 0.15) is 17.9 Å². The van der Waals surface area contributed by atoms with Crippen LogP contribution in [0.4, 0.5) is 0 Å². The molecule has 5 heteroatoms. The van der Waals surface area contributed by atoms with E-state index in [1.54, 1.807) is 12.1 Å². The second-order valence-electron chi connectivity index (χ2n) is 4.51. The molecule has 0 unspecified atom stereocenters. The van der Waals surface area contributed by atoms with Gasteiger partial charge in [-0.25, -0.2) is 4.79 Å². The van der Waals surface area contributed by atoms with Crippen LogP contribution in [0.15, 0.2) is 54.4 Å². The fourth-order valence-corrected chi connectivity index (χ4v) is 1.86. The first-order valence-electron chi connectivity index (χ1n) is 6.40. The Balaban J connectivity index is 2.18.